The van der Waals surface area contributed by atoms with Crippen molar-refractivity contribution in [1.82, 2.24) is 25.5 Å². The average molecular weight is 622 g/mol. The highest BCUT2D eigenvalue weighted by Gasteiger charge is 2.33. The number of rotatable bonds is 11. The third-order valence-corrected chi connectivity index (χ3v) is 8.66. The normalized spacial score (nSPS) is 15.7. The van der Waals surface area contributed by atoms with E-state index < -0.39 is 11.7 Å². The van der Waals surface area contributed by atoms with Crippen molar-refractivity contribution in [3.63, 3.8) is 0 Å². The summed E-state index contributed by atoms with van der Waals surface area (Å²) in [7, 11) is 0. The summed E-state index contributed by atoms with van der Waals surface area (Å²) in [6, 6.07) is 16.2. The van der Waals surface area contributed by atoms with Gasteiger partial charge < -0.3 is 15.5 Å². The lowest BCUT2D eigenvalue weighted by molar-refractivity contribution is -0.137. The van der Waals surface area contributed by atoms with Gasteiger partial charge in [-0.25, -0.2) is 4.98 Å². The Hall–Kier alpha value is -4.09. The first-order valence-electron chi connectivity index (χ1n) is 14.6. The fourth-order valence-corrected chi connectivity index (χ4v) is 6.34. The second kappa shape index (κ2) is 14.1. The van der Waals surface area contributed by atoms with Crippen LogP contribution < -0.4 is 10.6 Å². The number of amides is 2. The number of nitrogens with zero attached hydrogens (tertiary/aromatic N) is 3. The molecule has 1 aliphatic rings. The lowest BCUT2D eigenvalue weighted by atomic mass is 10.0. The molecule has 1 aliphatic heterocycles. The molecule has 2 atom stereocenters. The first-order valence-corrected chi connectivity index (χ1v) is 15.4. The Balaban J connectivity index is 1.23. The summed E-state index contributed by atoms with van der Waals surface area (Å²) in [5, 5.41) is 9.18. The third kappa shape index (κ3) is 8.09. The van der Waals surface area contributed by atoms with Crippen molar-refractivity contribution in [2.75, 3.05) is 13.1 Å². The third-order valence-electron chi connectivity index (χ3n) is 7.60. The van der Waals surface area contributed by atoms with Gasteiger partial charge in [-0.05, 0) is 62.4 Å². The maximum atomic E-state index is 13.5. The van der Waals surface area contributed by atoms with Crippen molar-refractivity contribution in [2.24, 2.45) is 0 Å². The van der Waals surface area contributed by atoms with Crippen LogP contribution in [0.1, 0.15) is 73.4 Å². The summed E-state index contributed by atoms with van der Waals surface area (Å²) in [4.78, 5) is 37.5. The summed E-state index contributed by atoms with van der Waals surface area (Å²) in [6.45, 7) is 3.29. The Labute approximate surface area is 258 Å². The van der Waals surface area contributed by atoms with E-state index in [-0.39, 0.29) is 36.0 Å². The van der Waals surface area contributed by atoms with E-state index in [2.05, 4.69) is 20.6 Å². The number of benzene rings is 2. The van der Waals surface area contributed by atoms with Crippen molar-refractivity contribution < 1.29 is 22.8 Å². The van der Waals surface area contributed by atoms with Crippen LogP contribution in [0.15, 0.2) is 78.4 Å². The Bertz CT molecular complexity index is 1580. The minimum Gasteiger partial charge on any atom is -0.349 e. The molecule has 2 aromatic heterocycles. The fourth-order valence-electron chi connectivity index (χ4n) is 5.40. The van der Waals surface area contributed by atoms with E-state index in [1.165, 1.54) is 18.5 Å². The van der Waals surface area contributed by atoms with Gasteiger partial charge in [0.15, 0.2) is 0 Å². The van der Waals surface area contributed by atoms with E-state index in [4.69, 9.17) is 0 Å². The predicted molar refractivity (Wildman–Crippen MR) is 163 cm³/mol. The molecular formula is C33H34F3N5O2S. The molecule has 0 radical (unpaired) electrons. The summed E-state index contributed by atoms with van der Waals surface area (Å²) >= 11 is 1.55. The van der Waals surface area contributed by atoms with Crippen LogP contribution in [-0.4, -0.2) is 45.8 Å². The summed E-state index contributed by atoms with van der Waals surface area (Å²) in [5.74, 6) is -0.526. The van der Waals surface area contributed by atoms with Gasteiger partial charge in [0, 0.05) is 42.6 Å². The molecule has 0 bridgehead atoms. The number of halogens is 3. The van der Waals surface area contributed by atoms with Gasteiger partial charge in [0.05, 0.1) is 22.7 Å². The van der Waals surface area contributed by atoms with Gasteiger partial charge in [-0.1, -0.05) is 48.5 Å². The summed E-state index contributed by atoms with van der Waals surface area (Å²) < 4.78 is 39.2. The van der Waals surface area contributed by atoms with Crippen LogP contribution in [0.3, 0.4) is 0 Å². The quantitative estimate of drug-likeness (QED) is 0.190. The molecule has 0 saturated carbocycles. The van der Waals surface area contributed by atoms with Gasteiger partial charge in [0.25, 0.3) is 11.8 Å². The molecule has 4 aromatic rings. The smallest absolute Gasteiger partial charge is 0.349 e. The zero-order valence-electron chi connectivity index (χ0n) is 24.3. The predicted octanol–water partition coefficient (Wildman–Crippen LogP) is 6.36. The molecule has 3 heterocycles. The summed E-state index contributed by atoms with van der Waals surface area (Å²) in [5.41, 5.74) is 2.45. The van der Waals surface area contributed by atoms with E-state index >= 15 is 0 Å². The molecule has 11 heteroatoms. The van der Waals surface area contributed by atoms with Crippen LogP contribution in [0.5, 0.6) is 0 Å². The van der Waals surface area contributed by atoms with Crippen molar-refractivity contribution in [3.8, 4) is 0 Å². The second-order valence-corrected chi connectivity index (χ2v) is 11.9. The number of nitrogens with one attached hydrogen (secondary N) is 2. The molecule has 1 saturated heterocycles. The fraction of sp³-hybridized carbons (Fsp3) is 0.333. The number of pyridine rings is 1. The second-order valence-electron chi connectivity index (χ2n) is 11.0. The molecule has 0 unspecified atom stereocenters. The number of thiazole rings is 1. The number of hydrogen-bond acceptors (Lipinski definition) is 6. The van der Waals surface area contributed by atoms with Crippen LogP contribution >= 0.6 is 11.3 Å². The Kier molecular flexibility index (Phi) is 10.1. The van der Waals surface area contributed by atoms with Crippen LogP contribution in [0, 0.1) is 6.92 Å². The molecule has 2 N–H and O–H groups in total. The monoisotopic (exact) mass is 621 g/mol. The Morgan fingerprint density at radius 2 is 1.82 bits per heavy atom. The first-order chi connectivity index (χ1) is 21.2. The number of hydrogen-bond donors (Lipinski definition) is 2. The molecule has 1 fully saturated rings. The number of aryl methyl sites for hydroxylation is 1. The highest BCUT2D eigenvalue weighted by Crippen LogP contribution is 2.35. The van der Waals surface area contributed by atoms with Gasteiger partial charge in [-0.3, -0.25) is 14.6 Å². The Morgan fingerprint density at radius 1 is 1.05 bits per heavy atom. The van der Waals surface area contributed by atoms with Crippen molar-refractivity contribution >= 4 is 23.2 Å². The van der Waals surface area contributed by atoms with Crippen molar-refractivity contribution in [1.29, 1.82) is 0 Å². The standard InChI is InChI=1S/C33H34F3N5O2S/c1-22-21-44-31(39-22)29-11-6-14-41(29)32(43)26-17-25(19-38-20-26)30(42)40-28(16-23-7-3-2-4-8-23)12-13-37-18-24-9-5-10-27(15-24)33(34,35)36/h2-5,7-10,15,17,19-21,28-29,37H,6,11-14,16,18H2,1H3,(H,40,42)/t28-,29-/m1/s1. The average Bonchev–Trinajstić information content (AvgIpc) is 3.68. The highest BCUT2D eigenvalue weighted by molar-refractivity contribution is 7.09. The number of carbonyl (C=O) groups is 2. The maximum absolute atomic E-state index is 13.5. The van der Waals surface area contributed by atoms with E-state index in [0.29, 0.717) is 37.1 Å². The molecule has 2 aromatic carbocycles. The molecule has 0 spiro atoms. The topological polar surface area (TPSA) is 87.2 Å². The molecular weight excluding hydrogens is 587 g/mol. The van der Waals surface area contributed by atoms with Gasteiger partial charge in [0.1, 0.15) is 5.01 Å². The van der Waals surface area contributed by atoms with Gasteiger partial charge in [-0.2, -0.15) is 13.2 Å². The number of aromatic nitrogens is 2. The molecule has 0 aliphatic carbocycles. The first kappa shape index (κ1) is 31.3. The molecule has 44 heavy (non-hydrogen) atoms. The van der Waals surface area contributed by atoms with E-state index in [1.54, 1.807) is 23.5 Å². The molecule has 230 valence electrons. The van der Waals surface area contributed by atoms with E-state index in [9.17, 15) is 22.8 Å². The zero-order valence-corrected chi connectivity index (χ0v) is 25.1. The summed E-state index contributed by atoms with van der Waals surface area (Å²) in [6.07, 6.45) is 1.36. The van der Waals surface area contributed by atoms with Crippen LogP contribution in [0.2, 0.25) is 0 Å². The van der Waals surface area contributed by atoms with E-state index in [0.717, 1.165) is 41.2 Å². The largest absolute Gasteiger partial charge is 0.416 e. The lowest BCUT2D eigenvalue weighted by Crippen LogP contribution is -2.39. The van der Waals surface area contributed by atoms with Crippen LogP contribution in [0.25, 0.3) is 0 Å². The molecule has 2 amide bonds. The molecule has 7 nitrogen and oxygen atoms in total. The van der Waals surface area contributed by atoms with Gasteiger partial charge in [-0.15, -0.1) is 11.3 Å². The molecule has 5 rings (SSSR count). The van der Waals surface area contributed by atoms with Gasteiger partial charge >= 0.3 is 6.18 Å². The minimum atomic E-state index is -4.39. The number of carbonyl (C=O) groups excluding carboxylic acids is 2. The Morgan fingerprint density at radius 3 is 2.57 bits per heavy atom. The SMILES string of the molecule is Cc1csc([C@H]2CCCN2C(=O)c2cncc(C(=O)N[C@H](CCNCc3cccc(C(F)(F)F)c3)Cc3ccccc3)c2)n1. The lowest BCUT2D eigenvalue weighted by Gasteiger charge is -2.23. The van der Waals surface area contributed by atoms with Crippen molar-refractivity contribution in [3.05, 3.63) is 117 Å². The highest BCUT2D eigenvalue weighted by atomic mass is 32.1. The number of likely N-dealkylation sites (tertiary alicyclic amines) is 1. The van der Waals surface area contributed by atoms with Crippen LogP contribution in [-0.2, 0) is 19.1 Å². The van der Waals surface area contributed by atoms with Crippen LogP contribution in [0.4, 0.5) is 13.2 Å². The van der Waals surface area contributed by atoms with Crippen molar-refractivity contribution in [2.45, 2.75) is 57.4 Å². The number of alkyl halides is 3. The zero-order chi connectivity index (χ0) is 31.1. The maximum Gasteiger partial charge on any atom is 0.416 e. The van der Waals surface area contributed by atoms with E-state index in [1.807, 2.05) is 47.5 Å². The van der Waals surface area contributed by atoms with Gasteiger partial charge in [0.2, 0.25) is 0 Å². The minimum absolute atomic E-state index is 0.0858.